The van der Waals surface area contributed by atoms with E-state index in [-0.39, 0.29) is 6.04 Å². The number of H-pyrrole nitrogens is 1. The zero-order valence-electron chi connectivity index (χ0n) is 13.7. The number of benzene rings is 2. The Bertz CT molecular complexity index is 915. The minimum Gasteiger partial charge on any atom is -0.361 e. The van der Waals surface area contributed by atoms with Gasteiger partial charge in [-0.25, -0.2) is 5.43 Å². The van der Waals surface area contributed by atoms with Gasteiger partial charge in [-0.1, -0.05) is 48.5 Å². The highest BCUT2D eigenvalue weighted by Crippen LogP contribution is 2.15. The fourth-order valence-corrected chi connectivity index (χ4v) is 2.50. The number of hydrogen-bond acceptors (Lipinski definition) is 3. The topological polar surface area (TPSA) is 86.3 Å². The van der Waals surface area contributed by atoms with Crippen LogP contribution in [0.5, 0.6) is 0 Å². The summed E-state index contributed by atoms with van der Waals surface area (Å²) in [5, 5.41) is 7.49. The number of carbonyl (C=O) groups excluding carboxylic acids is 2. The lowest BCUT2D eigenvalue weighted by atomic mass is 10.1. The summed E-state index contributed by atoms with van der Waals surface area (Å²) in [6.45, 7) is 1.82. The minimum absolute atomic E-state index is 0.267. The average molecular weight is 334 g/mol. The zero-order valence-corrected chi connectivity index (χ0v) is 13.7. The number of hydrazone groups is 1. The number of para-hydroxylation sites is 1. The van der Waals surface area contributed by atoms with Crippen LogP contribution < -0.4 is 10.7 Å². The van der Waals surface area contributed by atoms with E-state index in [9.17, 15) is 9.59 Å². The van der Waals surface area contributed by atoms with Gasteiger partial charge in [0.25, 0.3) is 0 Å². The van der Waals surface area contributed by atoms with E-state index in [1.807, 2.05) is 61.5 Å². The molecular formula is C19H18N4O2. The Hall–Kier alpha value is -3.41. The Balaban J connectivity index is 1.57. The lowest BCUT2D eigenvalue weighted by Crippen LogP contribution is -2.39. The third-order valence-corrected chi connectivity index (χ3v) is 3.84. The Labute approximate surface area is 144 Å². The van der Waals surface area contributed by atoms with Crippen LogP contribution in [0.1, 0.15) is 24.1 Å². The van der Waals surface area contributed by atoms with Crippen LogP contribution >= 0.6 is 0 Å². The second-order valence-electron chi connectivity index (χ2n) is 5.59. The predicted octanol–water partition coefficient (Wildman–Crippen LogP) is 2.50. The maximum Gasteiger partial charge on any atom is 0.329 e. The highest BCUT2D eigenvalue weighted by atomic mass is 16.2. The molecule has 1 atom stereocenters. The van der Waals surface area contributed by atoms with Crippen molar-refractivity contribution in [1.82, 2.24) is 15.7 Å². The van der Waals surface area contributed by atoms with Gasteiger partial charge in [-0.2, -0.15) is 5.10 Å². The van der Waals surface area contributed by atoms with Crippen LogP contribution in [0.3, 0.4) is 0 Å². The van der Waals surface area contributed by atoms with Crippen LogP contribution in [0.2, 0.25) is 0 Å². The SMILES string of the molecule is C[C@@H](NC(=O)C(=O)N/N=C/c1c[nH]c2ccccc12)c1ccccc1. The molecule has 1 aromatic heterocycles. The van der Waals surface area contributed by atoms with E-state index < -0.39 is 11.8 Å². The number of nitrogens with one attached hydrogen (secondary N) is 3. The third kappa shape index (κ3) is 3.92. The standard InChI is InChI=1S/C19H18N4O2/c1-13(14-7-3-2-4-8-14)22-18(24)19(25)23-21-12-15-11-20-17-10-6-5-9-16(15)17/h2-13,20H,1H3,(H,22,24)(H,23,25)/b21-12+/t13-/m1/s1. The van der Waals surface area contributed by atoms with Crippen molar-refractivity contribution in [3.8, 4) is 0 Å². The van der Waals surface area contributed by atoms with Crippen LogP contribution in [-0.4, -0.2) is 23.0 Å². The summed E-state index contributed by atoms with van der Waals surface area (Å²) in [7, 11) is 0. The first-order valence-corrected chi connectivity index (χ1v) is 7.90. The number of aromatic amines is 1. The second kappa shape index (κ2) is 7.44. The van der Waals surface area contributed by atoms with Crippen molar-refractivity contribution in [3.05, 3.63) is 71.9 Å². The molecule has 0 aliphatic carbocycles. The number of fused-ring (bicyclic) bond motifs is 1. The first-order valence-electron chi connectivity index (χ1n) is 7.90. The third-order valence-electron chi connectivity index (χ3n) is 3.84. The minimum atomic E-state index is -0.807. The molecule has 3 rings (SSSR count). The molecule has 0 radical (unpaired) electrons. The van der Waals surface area contributed by atoms with Gasteiger partial charge in [0.15, 0.2) is 0 Å². The fraction of sp³-hybridized carbons (Fsp3) is 0.105. The Morgan fingerprint density at radius 1 is 1.04 bits per heavy atom. The van der Waals surface area contributed by atoms with Gasteiger partial charge < -0.3 is 10.3 Å². The van der Waals surface area contributed by atoms with Crippen LogP contribution in [0.25, 0.3) is 10.9 Å². The summed E-state index contributed by atoms with van der Waals surface area (Å²) >= 11 is 0. The van der Waals surface area contributed by atoms with Gasteiger partial charge in [-0.05, 0) is 18.6 Å². The van der Waals surface area contributed by atoms with Gasteiger partial charge in [-0.15, -0.1) is 0 Å². The predicted molar refractivity (Wildman–Crippen MR) is 97.0 cm³/mol. The van der Waals surface area contributed by atoms with E-state index in [0.29, 0.717) is 0 Å². The molecule has 0 bridgehead atoms. The van der Waals surface area contributed by atoms with Gasteiger partial charge in [0, 0.05) is 22.7 Å². The van der Waals surface area contributed by atoms with Crippen molar-refractivity contribution < 1.29 is 9.59 Å². The average Bonchev–Trinajstić information content (AvgIpc) is 3.05. The summed E-state index contributed by atoms with van der Waals surface area (Å²) in [6, 6.07) is 16.9. The largest absolute Gasteiger partial charge is 0.361 e. The molecule has 0 saturated heterocycles. The normalized spacial score (nSPS) is 12.2. The van der Waals surface area contributed by atoms with Crippen LogP contribution in [-0.2, 0) is 9.59 Å². The van der Waals surface area contributed by atoms with Gasteiger partial charge >= 0.3 is 11.8 Å². The first kappa shape index (κ1) is 16.4. The smallest absolute Gasteiger partial charge is 0.329 e. The molecule has 0 unspecified atom stereocenters. The maximum atomic E-state index is 11.9. The van der Waals surface area contributed by atoms with Crippen LogP contribution in [0, 0.1) is 0 Å². The number of carbonyl (C=O) groups is 2. The molecule has 0 aliphatic rings. The summed E-state index contributed by atoms with van der Waals surface area (Å²) in [5.41, 5.74) is 4.97. The van der Waals surface area contributed by atoms with Crippen LogP contribution in [0.4, 0.5) is 0 Å². The molecule has 126 valence electrons. The van der Waals surface area contributed by atoms with Crippen molar-refractivity contribution in [2.45, 2.75) is 13.0 Å². The molecule has 3 N–H and O–H groups in total. The summed E-state index contributed by atoms with van der Waals surface area (Å²) < 4.78 is 0. The molecule has 3 aromatic rings. The van der Waals surface area contributed by atoms with Crippen LogP contribution in [0.15, 0.2) is 65.9 Å². The van der Waals surface area contributed by atoms with E-state index in [0.717, 1.165) is 22.0 Å². The van der Waals surface area contributed by atoms with Crippen molar-refractivity contribution in [3.63, 3.8) is 0 Å². The molecule has 2 aromatic carbocycles. The molecule has 0 spiro atoms. The molecule has 1 heterocycles. The van der Waals surface area contributed by atoms with Crippen molar-refractivity contribution in [2.75, 3.05) is 0 Å². The van der Waals surface area contributed by atoms with E-state index in [2.05, 4.69) is 20.8 Å². The molecule has 6 nitrogen and oxygen atoms in total. The lowest BCUT2D eigenvalue weighted by molar-refractivity contribution is -0.139. The fourth-order valence-electron chi connectivity index (χ4n) is 2.50. The molecule has 6 heteroatoms. The maximum absolute atomic E-state index is 11.9. The number of aromatic nitrogens is 1. The highest BCUT2D eigenvalue weighted by molar-refractivity contribution is 6.35. The molecule has 2 amide bonds. The van der Waals surface area contributed by atoms with E-state index in [1.54, 1.807) is 6.20 Å². The summed E-state index contributed by atoms with van der Waals surface area (Å²) in [6.07, 6.45) is 3.29. The van der Waals surface area contributed by atoms with Gasteiger partial charge in [0.2, 0.25) is 0 Å². The van der Waals surface area contributed by atoms with Crippen molar-refractivity contribution >= 4 is 28.9 Å². The monoisotopic (exact) mass is 334 g/mol. The van der Waals surface area contributed by atoms with Gasteiger partial charge in [0.05, 0.1) is 12.3 Å². The molecule has 0 aliphatic heterocycles. The Kier molecular flexibility index (Phi) is 4.89. The van der Waals surface area contributed by atoms with Gasteiger partial charge in [0.1, 0.15) is 0 Å². The first-order chi connectivity index (χ1) is 12.1. The zero-order chi connectivity index (χ0) is 17.6. The molecule has 0 fully saturated rings. The number of hydrogen-bond donors (Lipinski definition) is 3. The Morgan fingerprint density at radius 2 is 1.76 bits per heavy atom. The molecule has 0 saturated carbocycles. The Morgan fingerprint density at radius 3 is 2.56 bits per heavy atom. The number of rotatable bonds is 4. The number of amides is 2. The number of nitrogens with zero attached hydrogens (tertiary/aromatic N) is 1. The van der Waals surface area contributed by atoms with Crippen molar-refractivity contribution in [2.24, 2.45) is 5.10 Å². The highest BCUT2D eigenvalue weighted by Gasteiger charge is 2.16. The van der Waals surface area contributed by atoms with E-state index in [1.165, 1.54) is 6.21 Å². The molecular weight excluding hydrogens is 316 g/mol. The van der Waals surface area contributed by atoms with E-state index in [4.69, 9.17) is 0 Å². The quantitative estimate of drug-likeness (QED) is 0.389. The summed E-state index contributed by atoms with van der Waals surface area (Å²) in [4.78, 5) is 26.9. The molecule has 25 heavy (non-hydrogen) atoms. The lowest BCUT2D eigenvalue weighted by Gasteiger charge is -2.13. The second-order valence-corrected chi connectivity index (χ2v) is 5.59. The van der Waals surface area contributed by atoms with Gasteiger partial charge in [-0.3, -0.25) is 9.59 Å². The van der Waals surface area contributed by atoms with E-state index >= 15 is 0 Å². The van der Waals surface area contributed by atoms with Crippen molar-refractivity contribution in [1.29, 1.82) is 0 Å². The summed E-state index contributed by atoms with van der Waals surface area (Å²) in [5.74, 6) is -1.54.